The van der Waals surface area contributed by atoms with Crippen molar-refractivity contribution in [2.24, 2.45) is 0 Å². The Morgan fingerprint density at radius 2 is 1.88 bits per heavy atom. The highest BCUT2D eigenvalue weighted by molar-refractivity contribution is 7.13. The van der Waals surface area contributed by atoms with Gasteiger partial charge in [-0.2, -0.15) is 4.98 Å². The molecule has 7 nitrogen and oxygen atoms in total. The molecule has 0 atom stereocenters. The standard InChI is InChI=1S/C24H23N3O4S/c1-2-29-17-12-14-18(15-13-17)30-20-8-4-3-7-19(20)25-22(28)10-5-11-23-26-24(27-31-23)21-9-6-16-32-21/h3-4,6-9,12-16H,2,5,10-11H2,1H3,(H,25,28). The molecule has 0 aliphatic carbocycles. The Morgan fingerprint density at radius 1 is 1.06 bits per heavy atom. The van der Waals surface area contributed by atoms with Crippen LogP contribution in [-0.2, 0) is 11.2 Å². The van der Waals surface area contributed by atoms with E-state index in [1.807, 2.05) is 73.0 Å². The molecule has 0 aliphatic rings. The first-order valence-electron chi connectivity index (χ1n) is 10.4. The molecular formula is C24H23N3O4S. The summed E-state index contributed by atoms with van der Waals surface area (Å²) in [6.07, 6.45) is 1.46. The molecule has 0 saturated heterocycles. The maximum absolute atomic E-state index is 12.5. The second-order valence-corrected chi connectivity index (χ2v) is 7.84. The molecule has 0 saturated carbocycles. The quantitative estimate of drug-likeness (QED) is 0.322. The minimum absolute atomic E-state index is 0.106. The number of ether oxygens (including phenoxy) is 2. The lowest BCUT2D eigenvalue weighted by atomic mass is 10.2. The van der Waals surface area contributed by atoms with Crippen molar-refractivity contribution in [2.75, 3.05) is 11.9 Å². The van der Waals surface area contributed by atoms with Gasteiger partial charge in [-0.1, -0.05) is 23.4 Å². The number of para-hydroxylation sites is 2. The molecule has 1 N–H and O–H groups in total. The van der Waals surface area contributed by atoms with E-state index in [1.165, 1.54) is 0 Å². The van der Waals surface area contributed by atoms with Crippen LogP contribution >= 0.6 is 11.3 Å². The molecule has 4 rings (SSSR count). The summed E-state index contributed by atoms with van der Waals surface area (Å²) >= 11 is 1.56. The summed E-state index contributed by atoms with van der Waals surface area (Å²) in [5.74, 6) is 3.02. The van der Waals surface area contributed by atoms with Crippen molar-refractivity contribution >= 4 is 22.9 Å². The number of anilines is 1. The highest BCUT2D eigenvalue weighted by Gasteiger charge is 2.12. The molecule has 0 radical (unpaired) electrons. The zero-order valence-corrected chi connectivity index (χ0v) is 18.4. The number of carbonyl (C=O) groups is 1. The van der Waals surface area contributed by atoms with Gasteiger partial charge in [0.05, 0.1) is 17.2 Å². The van der Waals surface area contributed by atoms with Crippen LogP contribution in [0.2, 0.25) is 0 Å². The van der Waals surface area contributed by atoms with Crippen LogP contribution < -0.4 is 14.8 Å². The van der Waals surface area contributed by atoms with Gasteiger partial charge in [0.2, 0.25) is 17.6 Å². The van der Waals surface area contributed by atoms with Gasteiger partial charge in [0.1, 0.15) is 11.5 Å². The maximum Gasteiger partial charge on any atom is 0.226 e. The minimum Gasteiger partial charge on any atom is -0.494 e. The fourth-order valence-electron chi connectivity index (χ4n) is 3.03. The monoisotopic (exact) mass is 449 g/mol. The summed E-state index contributed by atoms with van der Waals surface area (Å²) in [5.41, 5.74) is 0.615. The van der Waals surface area contributed by atoms with E-state index in [4.69, 9.17) is 14.0 Å². The molecule has 4 aromatic rings. The lowest BCUT2D eigenvalue weighted by molar-refractivity contribution is -0.116. The number of thiophene rings is 1. The van der Waals surface area contributed by atoms with E-state index in [0.29, 0.717) is 54.8 Å². The first kappa shape index (κ1) is 21.6. The Bertz CT molecular complexity index is 1140. The summed E-state index contributed by atoms with van der Waals surface area (Å²) < 4.78 is 16.7. The van der Waals surface area contributed by atoms with E-state index in [2.05, 4.69) is 15.5 Å². The van der Waals surface area contributed by atoms with E-state index in [9.17, 15) is 4.79 Å². The van der Waals surface area contributed by atoms with Crippen molar-refractivity contribution in [3.8, 4) is 28.0 Å². The van der Waals surface area contributed by atoms with Crippen molar-refractivity contribution < 1.29 is 18.8 Å². The lowest BCUT2D eigenvalue weighted by Gasteiger charge is -2.12. The zero-order valence-electron chi connectivity index (χ0n) is 17.6. The SMILES string of the molecule is CCOc1ccc(Oc2ccccc2NC(=O)CCCc2nc(-c3cccs3)no2)cc1. The van der Waals surface area contributed by atoms with Gasteiger partial charge in [0, 0.05) is 12.8 Å². The molecule has 0 spiro atoms. The van der Waals surface area contributed by atoms with Crippen LogP contribution in [0, 0.1) is 0 Å². The van der Waals surface area contributed by atoms with Crippen molar-refractivity contribution in [3.63, 3.8) is 0 Å². The van der Waals surface area contributed by atoms with Gasteiger partial charge in [-0.25, -0.2) is 0 Å². The van der Waals surface area contributed by atoms with Crippen molar-refractivity contribution in [1.29, 1.82) is 0 Å². The molecule has 2 aromatic carbocycles. The number of aromatic nitrogens is 2. The van der Waals surface area contributed by atoms with E-state index in [1.54, 1.807) is 11.3 Å². The van der Waals surface area contributed by atoms with Crippen LogP contribution in [0.1, 0.15) is 25.7 Å². The van der Waals surface area contributed by atoms with Crippen molar-refractivity contribution in [1.82, 2.24) is 10.1 Å². The zero-order chi connectivity index (χ0) is 22.2. The average Bonchev–Trinajstić information content (AvgIpc) is 3.49. The molecular weight excluding hydrogens is 426 g/mol. The molecule has 0 unspecified atom stereocenters. The number of hydrogen-bond donors (Lipinski definition) is 1. The summed E-state index contributed by atoms with van der Waals surface area (Å²) in [7, 11) is 0. The summed E-state index contributed by atoms with van der Waals surface area (Å²) in [4.78, 5) is 17.8. The highest BCUT2D eigenvalue weighted by Crippen LogP contribution is 2.30. The van der Waals surface area contributed by atoms with Crippen LogP contribution in [0.25, 0.3) is 10.7 Å². The first-order chi connectivity index (χ1) is 15.7. The minimum atomic E-state index is -0.106. The smallest absolute Gasteiger partial charge is 0.226 e. The molecule has 0 bridgehead atoms. The molecule has 8 heteroatoms. The number of aryl methyl sites for hydroxylation is 1. The fraction of sp³-hybridized carbons (Fsp3) is 0.208. The number of nitrogens with one attached hydrogen (secondary N) is 1. The number of hydrogen-bond acceptors (Lipinski definition) is 7. The summed E-state index contributed by atoms with van der Waals surface area (Å²) in [6.45, 7) is 2.55. The van der Waals surface area contributed by atoms with Gasteiger partial charge in [0.15, 0.2) is 5.75 Å². The normalized spacial score (nSPS) is 10.7. The van der Waals surface area contributed by atoms with Crippen LogP contribution in [0.4, 0.5) is 5.69 Å². The molecule has 0 fully saturated rings. The van der Waals surface area contributed by atoms with Crippen LogP contribution in [0.3, 0.4) is 0 Å². The molecule has 32 heavy (non-hydrogen) atoms. The molecule has 2 aromatic heterocycles. The van der Waals surface area contributed by atoms with Gasteiger partial charge in [-0.05, 0) is 61.2 Å². The van der Waals surface area contributed by atoms with Crippen LogP contribution in [-0.4, -0.2) is 22.7 Å². The van der Waals surface area contributed by atoms with Crippen molar-refractivity contribution in [2.45, 2.75) is 26.2 Å². The van der Waals surface area contributed by atoms with E-state index < -0.39 is 0 Å². The predicted octanol–water partition coefficient (Wildman–Crippen LogP) is 5.95. The van der Waals surface area contributed by atoms with E-state index in [-0.39, 0.29) is 5.91 Å². The lowest BCUT2D eigenvalue weighted by Crippen LogP contribution is -2.12. The molecule has 0 aliphatic heterocycles. The fourth-order valence-corrected chi connectivity index (χ4v) is 3.68. The number of carbonyl (C=O) groups excluding carboxylic acids is 1. The number of nitrogens with zero attached hydrogens (tertiary/aromatic N) is 2. The van der Waals surface area contributed by atoms with Crippen molar-refractivity contribution in [3.05, 3.63) is 71.9 Å². The Labute approximate surface area is 190 Å². The Balaban J connectivity index is 1.30. The van der Waals surface area contributed by atoms with Crippen LogP contribution in [0.15, 0.2) is 70.6 Å². The van der Waals surface area contributed by atoms with Gasteiger partial charge >= 0.3 is 0 Å². The molecule has 164 valence electrons. The third-order valence-corrected chi connectivity index (χ3v) is 5.39. The van der Waals surface area contributed by atoms with Gasteiger partial charge < -0.3 is 19.3 Å². The highest BCUT2D eigenvalue weighted by atomic mass is 32.1. The van der Waals surface area contributed by atoms with Gasteiger partial charge in [-0.15, -0.1) is 11.3 Å². The molecule has 2 heterocycles. The average molecular weight is 450 g/mol. The third-order valence-electron chi connectivity index (χ3n) is 4.53. The third kappa shape index (κ3) is 5.73. The Hall–Kier alpha value is -3.65. The first-order valence-corrected chi connectivity index (χ1v) is 11.3. The topological polar surface area (TPSA) is 86.5 Å². The number of amides is 1. The summed E-state index contributed by atoms with van der Waals surface area (Å²) in [5, 5.41) is 8.88. The van der Waals surface area contributed by atoms with E-state index in [0.717, 1.165) is 10.6 Å². The predicted molar refractivity (Wildman–Crippen MR) is 123 cm³/mol. The Kier molecular flexibility index (Phi) is 7.14. The summed E-state index contributed by atoms with van der Waals surface area (Å²) in [6, 6.07) is 18.6. The maximum atomic E-state index is 12.5. The largest absolute Gasteiger partial charge is 0.494 e. The second-order valence-electron chi connectivity index (χ2n) is 6.89. The van der Waals surface area contributed by atoms with Gasteiger partial charge in [-0.3, -0.25) is 4.79 Å². The number of benzene rings is 2. The van der Waals surface area contributed by atoms with Crippen LogP contribution in [0.5, 0.6) is 17.2 Å². The van der Waals surface area contributed by atoms with Gasteiger partial charge in [0.25, 0.3) is 0 Å². The Morgan fingerprint density at radius 3 is 2.66 bits per heavy atom. The molecule has 1 amide bonds. The van der Waals surface area contributed by atoms with E-state index >= 15 is 0 Å². The second kappa shape index (κ2) is 10.6. The number of rotatable bonds is 10.